The first kappa shape index (κ1) is 17.7. The Morgan fingerprint density at radius 1 is 1.12 bits per heavy atom. The Morgan fingerprint density at radius 2 is 1.85 bits per heavy atom. The Morgan fingerprint density at radius 3 is 2.62 bits per heavy atom. The molecule has 136 valence electrons. The fourth-order valence-electron chi connectivity index (χ4n) is 2.41. The summed E-state index contributed by atoms with van der Waals surface area (Å²) in [5, 5.41) is 2.64. The van der Waals surface area contributed by atoms with Crippen LogP contribution in [0.1, 0.15) is 5.56 Å². The Balaban J connectivity index is 1.37. The summed E-state index contributed by atoms with van der Waals surface area (Å²) in [6.45, 7) is 0.175. The number of esters is 1. The van der Waals surface area contributed by atoms with Gasteiger partial charge in [0, 0.05) is 0 Å². The molecule has 6 nitrogen and oxygen atoms in total. The second kappa shape index (κ2) is 8.33. The van der Waals surface area contributed by atoms with E-state index in [4.69, 9.17) is 14.2 Å². The largest absolute Gasteiger partial charge is 0.486 e. The topological polar surface area (TPSA) is 73.9 Å². The van der Waals surface area contributed by atoms with Crippen molar-refractivity contribution >= 4 is 11.9 Å². The van der Waals surface area contributed by atoms with Crippen LogP contribution in [0, 0.1) is 5.82 Å². The first-order valence-corrected chi connectivity index (χ1v) is 8.15. The first-order valence-electron chi connectivity index (χ1n) is 8.15. The summed E-state index contributed by atoms with van der Waals surface area (Å²) < 4.78 is 29.0. The van der Waals surface area contributed by atoms with Gasteiger partial charge in [0.15, 0.2) is 18.1 Å². The minimum atomic E-state index is -0.557. The highest BCUT2D eigenvalue weighted by atomic mass is 19.1. The fourth-order valence-corrected chi connectivity index (χ4v) is 2.41. The van der Waals surface area contributed by atoms with E-state index in [1.807, 2.05) is 18.2 Å². The maximum atomic E-state index is 12.8. The molecule has 0 aliphatic carbocycles. The highest BCUT2D eigenvalue weighted by Crippen LogP contribution is 2.30. The number of carbonyl (C=O) groups excluding carboxylic acids is 2. The molecule has 0 fully saturated rings. The van der Waals surface area contributed by atoms with Gasteiger partial charge in [0.05, 0.1) is 13.0 Å². The molecule has 26 heavy (non-hydrogen) atoms. The van der Waals surface area contributed by atoms with E-state index < -0.39 is 11.9 Å². The lowest BCUT2D eigenvalue weighted by atomic mass is 10.1. The van der Waals surface area contributed by atoms with E-state index in [1.165, 1.54) is 24.3 Å². The number of amides is 1. The molecule has 1 amide bonds. The lowest BCUT2D eigenvalue weighted by molar-refractivity contribution is -0.148. The van der Waals surface area contributed by atoms with Crippen molar-refractivity contribution in [3.05, 3.63) is 59.9 Å². The van der Waals surface area contributed by atoms with Crippen LogP contribution in [0.5, 0.6) is 11.5 Å². The number of carbonyl (C=O) groups is 2. The molecule has 0 saturated heterocycles. The van der Waals surface area contributed by atoms with Crippen LogP contribution in [-0.4, -0.2) is 37.7 Å². The molecule has 0 saturated carbocycles. The summed E-state index contributed by atoms with van der Waals surface area (Å²) in [4.78, 5) is 23.5. The normalized spacial score (nSPS) is 15.2. The average Bonchev–Trinajstić information content (AvgIpc) is 2.66. The van der Waals surface area contributed by atoms with Crippen molar-refractivity contribution in [2.75, 3.05) is 19.8 Å². The molecule has 0 unspecified atom stereocenters. The van der Waals surface area contributed by atoms with Gasteiger partial charge in [-0.25, -0.2) is 4.39 Å². The lowest BCUT2D eigenvalue weighted by Gasteiger charge is -2.26. The van der Waals surface area contributed by atoms with Crippen molar-refractivity contribution in [3.8, 4) is 11.5 Å². The van der Waals surface area contributed by atoms with Gasteiger partial charge in [-0.1, -0.05) is 24.3 Å². The molecule has 1 atom stereocenters. The van der Waals surface area contributed by atoms with Crippen LogP contribution in [-0.2, 0) is 20.7 Å². The van der Waals surface area contributed by atoms with Crippen LogP contribution in [0.15, 0.2) is 48.5 Å². The maximum absolute atomic E-state index is 12.8. The van der Waals surface area contributed by atoms with E-state index in [2.05, 4.69) is 5.32 Å². The maximum Gasteiger partial charge on any atom is 0.310 e. The highest BCUT2D eigenvalue weighted by molar-refractivity contribution is 5.81. The van der Waals surface area contributed by atoms with Gasteiger partial charge in [0.2, 0.25) is 0 Å². The number of fused-ring (bicyclic) bond motifs is 1. The highest BCUT2D eigenvalue weighted by Gasteiger charge is 2.21. The molecule has 1 aliphatic rings. The van der Waals surface area contributed by atoms with Crippen molar-refractivity contribution in [1.82, 2.24) is 5.32 Å². The predicted molar refractivity (Wildman–Crippen MR) is 90.4 cm³/mol. The molecule has 0 bridgehead atoms. The van der Waals surface area contributed by atoms with Gasteiger partial charge in [0.25, 0.3) is 5.91 Å². The molecule has 2 aromatic carbocycles. The number of ether oxygens (including phenoxy) is 3. The molecule has 7 heteroatoms. The molecular formula is C19H18FNO5. The van der Waals surface area contributed by atoms with Crippen LogP contribution >= 0.6 is 0 Å². The van der Waals surface area contributed by atoms with Gasteiger partial charge >= 0.3 is 5.97 Å². The van der Waals surface area contributed by atoms with Gasteiger partial charge in [-0.2, -0.15) is 0 Å². The molecule has 0 spiro atoms. The van der Waals surface area contributed by atoms with E-state index in [0.29, 0.717) is 23.7 Å². The second-order valence-electron chi connectivity index (χ2n) is 5.77. The van der Waals surface area contributed by atoms with Crippen LogP contribution in [0.25, 0.3) is 0 Å². The summed E-state index contributed by atoms with van der Waals surface area (Å²) in [7, 11) is 0. The van der Waals surface area contributed by atoms with Crippen molar-refractivity contribution in [2.24, 2.45) is 0 Å². The van der Waals surface area contributed by atoms with E-state index in [9.17, 15) is 14.0 Å². The summed E-state index contributed by atoms with van der Waals surface area (Å²) in [6.07, 6.45) is -0.340. The minimum Gasteiger partial charge on any atom is -0.486 e. The third-order valence-electron chi connectivity index (χ3n) is 3.72. The van der Waals surface area contributed by atoms with E-state index in [1.54, 1.807) is 6.07 Å². The standard InChI is InChI=1S/C19H18FNO5/c20-14-7-5-13(6-8-14)9-19(23)25-12-18(22)21-10-15-11-24-16-3-1-2-4-17(16)26-15/h1-8,15H,9-12H2,(H,21,22)/t15-/m0/s1. The molecule has 2 aromatic rings. The molecule has 1 N–H and O–H groups in total. The second-order valence-corrected chi connectivity index (χ2v) is 5.77. The smallest absolute Gasteiger partial charge is 0.310 e. The quantitative estimate of drug-likeness (QED) is 0.797. The Kier molecular flexibility index (Phi) is 5.68. The molecule has 0 radical (unpaired) electrons. The molecule has 1 heterocycles. The van der Waals surface area contributed by atoms with Crippen molar-refractivity contribution in [2.45, 2.75) is 12.5 Å². The lowest BCUT2D eigenvalue weighted by Crippen LogP contribution is -2.42. The number of hydrogen-bond donors (Lipinski definition) is 1. The summed E-state index contributed by atoms with van der Waals surface area (Å²) in [5.41, 5.74) is 0.614. The number of para-hydroxylation sites is 2. The number of rotatable bonds is 6. The summed E-state index contributed by atoms with van der Waals surface area (Å²) in [5.74, 6) is -0.0654. The van der Waals surface area contributed by atoms with Crippen molar-refractivity contribution < 1.29 is 28.2 Å². The minimum absolute atomic E-state index is 0.0239. The molecule has 3 rings (SSSR count). The number of benzene rings is 2. The first-order chi connectivity index (χ1) is 12.6. The van der Waals surface area contributed by atoms with Gasteiger partial charge in [-0.3, -0.25) is 9.59 Å². The van der Waals surface area contributed by atoms with E-state index in [-0.39, 0.29) is 31.5 Å². The Bertz CT molecular complexity index is 778. The number of nitrogens with one attached hydrogen (secondary N) is 1. The monoisotopic (exact) mass is 359 g/mol. The zero-order valence-corrected chi connectivity index (χ0v) is 13.9. The summed E-state index contributed by atoms with van der Waals surface area (Å²) in [6, 6.07) is 12.8. The molecule has 0 aromatic heterocycles. The Labute approximate surface area is 149 Å². The zero-order chi connectivity index (χ0) is 18.4. The SMILES string of the molecule is O=C(COC(=O)Cc1ccc(F)cc1)NC[C@H]1COc2ccccc2O1. The van der Waals surface area contributed by atoms with E-state index in [0.717, 1.165) is 0 Å². The van der Waals surface area contributed by atoms with Gasteiger partial charge < -0.3 is 19.5 Å². The fraction of sp³-hybridized carbons (Fsp3) is 0.263. The molecular weight excluding hydrogens is 341 g/mol. The predicted octanol–water partition coefficient (Wildman–Crippen LogP) is 1.87. The van der Waals surface area contributed by atoms with Crippen LogP contribution in [0.4, 0.5) is 4.39 Å². The number of halogens is 1. The Hall–Kier alpha value is -3.09. The van der Waals surface area contributed by atoms with Crippen molar-refractivity contribution in [1.29, 1.82) is 0 Å². The zero-order valence-electron chi connectivity index (χ0n) is 13.9. The van der Waals surface area contributed by atoms with Crippen LogP contribution < -0.4 is 14.8 Å². The third kappa shape index (κ3) is 4.95. The van der Waals surface area contributed by atoms with Crippen LogP contribution in [0.2, 0.25) is 0 Å². The third-order valence-corrected chi connectivity index (χ3v) is 3.72. The van der Waals surface area contributed by atoms with Crippen LogP contribution in [0.3, 0.4) is 0 Å². The average molecular weight is 359 g/mol. The van der Waals surface area contributed by atoms with Gasteiger partial charge in [-0.05, 0) is 29.8 Å². The number of hydrogen-bond acceptors (Lipinski definition) is 5. The van der Waals surface area contributed by atoms with E-state index >= 15 is 0 Å². The molecule has 1 aliphatic heterocycles. The van der Waals surface area contributed by atoms with Gasteiger partial charge in [-0.15, -0.1) is 0 Å². The van der Waals surface area contributed by atoms with Gasteiger partial charge in [0.1, 0.15) is 18.5 Å². The van der Waals surface area contributed by atoms with Crippen molar-refractivity contribution in [3.63, 3.8) is 0 Å². The summed E-state index contributed by atoms with van der Waals surface area (Å²) >= 11 is 0.